The highest BCUT2D eigenvalue weighted by Crippen LogP contribution is 2.47. The number of sulfone groups is 2. The Balaban J connectivity index is 1.30. The van der Waals surface area contributed by atoms with Crippen LogP contribution < -0.4 is 15.8 Å². The summed E-state index contributed by atoms with van der Waals surface area (Å²) in [6.45, 7) is -0.580. The molecule has 6 rings (SSSR count). The van der Waals surface area contributed by atoms with Crippen LogP contribution in [0.5, 0.6) is 11.5 Å². The van der Waals surface area contributed by atoms with Gasteiger partial charge in [-0.3, -0.25) is 23.0 Å². The molecule has 8 N–H and O–H groups in total. The molecule has 0 unspecified atom stereocenters. The summed E-state index contributed by atoms with van der Waals surface area (Å²) in [6.07, 6.45) is 0. The van der Waals surface area contributed by atoms with Crippen molar-refractivity contribution in [1.29, 1.82) is 0 Å². The number of amides is 1. The van der Waals surface area contributed by atoms with Crippen LogP contribution in [0.25, 0.3) is 10.8 Å². The second kappa shape index (κ2) is 23.5. The Kier molecular flexibility index (Phi) is 17.9. The molecule has 0 bridgehead atoms. The SMILES string of the molecule is COc1cc(/N=N/c2ccc(S(=O)(=O)CCOS(=O)(=O)O)cc2)c(NC(C)=O)cc1/N=N/c1c(S(=O)(=O)O)cc2c(/N=N/c3ccc(/N=N/c4ccc(S(=O)(=O)CCOS(=O)(=O)O)cc4)cc3S(=O)(=O)O)c(N)ccc2c1O. The van der Waals surface area contributed by atoms with E-state index in [9.17, 15) is 69.5 Å². The molecule has 0 spiro atoms. The van der Waals surface area contributed by atoms with Gasteiger partial charge in [-0.05, 0) is 91.0 Å². The first-order valence-electron chi connectivity index (χ1n) is 21.0. The summed E-state index contributed by atoms with van der Waals surface area (Å²) in [5, 5.41) is 45.2. The number of phenols is 1. The number of fused-ring (bicyclic) bond motifs is 1. The van der Waals surface area contributed by atoms with Crippen LogP contribution in [0.1, 0.15) is 6.92 Å². The van der Waals surface area contributed by atoms with Gasteiger partial charge < -0.3 is 20.9 Å². The Bertz CT molecular complexity index is 4180. The Labute approximate surface area is 442 Å². The zero-order valence-electron chi connectivity index (χ0n) is 39.4. The van der Waals surface area contributed by atoms with E-state index in [2.05, 4.69) is 54.6 Å². The van der Waals surface area contributed by atoms with E-state index in [1.165, 1.54) is 61.7 Å². The number of benzene rings is 6. The first-order chi connectivity index (χ1) is 36.2. The lowest BCUT2D eigenvalue weighted by Crippen LogP contribution is -2.15. The molecule has 0 atom stereocenters. The third kappa shape index (κ3) is 15.7. The molecule has 0 aliphatic rings. The first-order valence-corrected chi connectivity index (χ1v) is 29.9. The number of phenolic OH excluding ortho intramolecular Hbond substituents is 1. The highest BCUT2D eigenvalue weighted by Gasteiger charge is 2.26. The third-order valence-corrected chi connectivity index (χ3v) is 16.0. The zero-order valence-corrected chi connectivity index (χ0v) is 44.3. The van der Waals surface area contributed by atoms with Crippen molar-refractivity contribution < 1.29 is 91.7 Å². The number of methoxy groups -OCH3 is 1. The second-order valence-corrected chi connectivity index (χ2v) is 24.6. The number of anilines is 2. The van der Waals surface area contributed by atoms with Gasteiger partial charge in [0.25, 0.3) is 20.2 Å². The highest BCUT2D eigenvalue weighted by molar-refractivity contribution is 7.91. The molecule has 0 heterocycles. The van der Waals surface area contributed by atoms with E-state index < -0.39 is 124 Å². The number of hydrogen-bond donors (Lipinski definition) is 7. The molecule has 0 radical (unpaired) electrons. The Morgan fingerprint density at radius 1 is 0.526 bits per heavy atom. The summed E-state index contributed by atoms with van der Waals surface area (Å²) in [5.74, 6) is -3.28. The molecule has 78 heavy (non-hydrogen) atoms. The predicted molar refractivity (Wildman–Crippen MR) is 272 cm³/mol. The minimum atomic E-state index is -5.32. The summed E-state index contributed by atoms with van der Waals surface area (Å²) in [4.78, 5) is 9.79. The topological polar surface area (TPSA) is 488 Å². The highest BCUT2D eigenvalue weighted by atomic mass is 32.3. The molecule has 0 aliphatic carbocycles. The van der Waals surface area contributed by atoms with Crippen molar-refractivity contribution in [3.05, 3.63) is 97.1 Å². The number of nitrogens with two attached hydrogens (primary N) is 1. The van der Waals surface area contributed by atoms with Crippen LogP contribution in [-0.4, -0.2) is 112 Å². The van der Waals surface area contributed by atoms with Gasteiger partial charge in [0.2, 0.25) is 5.91 Å². The Morgan fingerprint density at radius 2 is 1.00 bits per heavy atom. The van der Waals surface area contributed by atoms with Gasteiger partial charge in [-0.15, -0.1) is 25.6 Å². The van der Waals surface area contributed by atoms with Crippen molar-refractivity contribution in [2.45, 2.75) is 26.5 Å². The second-order valence-electron chi connectivity index (χ2n) is 15.4. The molecule has 0 saturated carbocycles. The molecule has 6 aromatic rings. The smallest absolute Gasteiger partial charge is 0.397 e. The molecule has 37 heteroatoms. The molecule has 31 nitrogen and oxygen atoms in total. The van der Waals surface area contributed by atoms with E-state index in [4.69, 9.17) is 19.6 Å². The van der Waals surface area contributed by atoms with Crippen LogP contribution in [0.3, 0.4) is 0 Å². The molecule has 0 saturated heterocycles. The van der Waals surface area contributed by atoms with Crippen molar-refractivity contribution in [3.8, 4) is 11.5 Å². The fourth-order valence-electron chi connectivity index (χ4n) is 6.46. The van der Waals surface area contributed by atoms with E-state index >= 15 is 0 Å². The molecule has 0 aromatic heterocycles. The molecular formula is C41H38N10O21S6. The van der Waals surface area contributed by atoms with E-state index in [1.807, 2.05) is 0 Å². The van der Waals surface area contributed by atoms with Gasteiger partial charge in [0.15, 0.2) is 25.4 Å². The van der Waals surface area contributed by atoms with Crippen LogP contribution >= 0.6 is 0 Å². The fraction of sp³-hybridized carbons (Fsp3) is 0.146. The number of carbonyl (C=O) groups excluding carboxylic acids is 1. The lowest BCUT2D eigenvalue weighted by atomic mass is 10.1. The maximum atomic E-state index is 12.9. The third-order valence-electron chi connectivity index (χ3n) is 9.97. The summed E-state index contributed by atoms with van der Waals surface area (Å²) in [7, 11) is -27.1. The minimum absolute atomic E-state index is 0.0479. The Morgan fingerprint density at radius 3 is 1.50 bits per heavy atom. The van der Waals surface area contributed by atoms with Crippen LogP contribution in [0.2, 0.25) is 0 Å². The lowest BCUT2D eigenvalue weighted by molar-refractivity contribution is -0.114. The number of aromatic hydroxyl groups is 1. The molecular weight excluding hydrogens is 1160 g/mol. The Hall–Kier alpha value is -7.69. The fourth-order valence-corrected chi connectivity index (χ4v) is 10.7. The average molecular weight is 1200 g/mol. The number of azo groups is 4. The number of nitrogens with one attached hydrogen (secondary N) is 1. The van der Waals surface area contributed by atoms with Crippen LogP contribution in [-0.2, 0) is 73.9 Å². The zero-order chi connectivity index (χ0) is 57.6. The van der Waals surface area contributed by atoms with E-state index in [0.29, 0.717) is 0 Å². The molecule has 0 fully saturated rings. The number of nitrogens with zero attached hydrogens (tertiary/aromatic N) is 8. The summed E-state index contributed by atoms with van der Waals surface area (Å²) in [5.41, 5.74) is 3.76. The predicted octanol–water partition coefficient (Wildman–Crippen LogP) is 7.44. The van der Waals surface area contributed by atoms with Gasteiger partial charge >= 0.3 is 20.8 Å². The molecule has 6 aromatic carbocycles. The lowest BCUT2D eigenvalue weighted by Gasteiger charge is -2.12. The number of nitrogen functional groups attached to an aromatic ring is 1. The van der Waals surface area contributed by atoms with E-state index in [0.717, 1.165) is 49.4 Å². The minimum Gasteiger partial charge on any atom is -0.505 e. The number of carbonyl (C=O) groups is 1. The van der Waals surface area contributed by atoms with Crippen molar-refractivity contribution >= 4 is 134 Å². The van der Waals surface area contributed by atoms with Gasteiger partial charge in [-0.1, -0.05) is 0 Å². The summed E-state index contributed by atoms with van der Waals surface area (Å²) in [6, 6.07) is 18.0. The maximum Gasteiger partial charge on any atom is 0.397 e. The first kappa shape index (κ1) is 59.6. The molecule has 414 valence electrons. The quantitative estimate of drug-likeness (QED) is 0.0197. The van der Waals surface area contributed by atoms with Crippen molar-refractivity contribution in [2.75, 3.05) is 42.9 Å². The van der Waals surface area contributed by atoms with Crippen molar-refractivity contribution in [1.82, 2.24) is 0 Å². The van der Waals surface area contributed by atoms with Gasteiger partial charge in [0.1, 0.15) is 44.0 Å². The summed E-state index contributed by atoms with van der Waals surface area (Å²) < 4.78 is 195. The van der Waals surface area contributed by atoms with Gasteiger partial charge in [-0.25, -0.2) is 25.2 Å². The molecule has 0 aliphatic heterocycles. The van der Waals surface area contributed by atoms with E-state index in [1.54, 1.807) is 0 Å². The average Bonchev–Trinajstić information content (AvgIpc) is 3.47. The number of hydrogen-bond acceptors (Lipinski definition) is 26. The maximum absolute atomic E-state index is 12.9. The van der Waals surface area contributed by atoms with Gasteiger partial charge in [0, 0.05) is 23.8 Å². The standard InChI is InChI=1S/C41H38N10O21S6/c1-23(52)43-33-21-35(36(70-2)22-34(33)48-45-25-5-10-28(11-6-25)74(56,57)18-16-72-78(67,68)69)49-51-40-38(76(61,62)63)20-30-29(41(40)53)12-13-31(42)39(30)50-47-32-14-7-26(19-37(32)75(58,59)60)46-44-24-3-8-27(9-4-24)73(54,55)17-15-71-77(64,65)66/h3-14,19-22,53H,15-18,42H2,1-2H3,(H,43,52)(H,58,59,60)(H,61,62,63)(H,64,65,66)(H,67,68,69)/b46-44+,48-45+,50-47+,51-49+. The summed E-state index contributed by atoms with van der Waals surface area (Å²) >= 11 is 0. The number of rotatable bonds is 22. The van der Waals surface area contributed by atoms with Crippen LogP contribution in [0.15, 0.2) is 158 Å². The van der Waals surface area contributed by atoms with Crippen LogP contribution in [0.4, 0.5) is 56.9 Å². The van der Waals surface area contributed by atoms with Crippen molar-refractivity contribution in [2.24, 2.45) is 40.9 Å². The van der Waals surface area contributed by atoms with Crippen LogP contribution in [0, 0.1) is 0 Å². The number of ether oxygens (including phenoxy) is 1. The largest absolute Gasteiger partial charge is 0.505 e. The normalized spacial score (nSPS) is 13.1. The van der Waals surface area contributed by atoms with Crippen molar-refractivity contribution in [3.63, 3.8) is 0 Å². The van der Waals surface area contributed by atoms with Gasteiger partial charge in [0.05, 0.1) is 70.1 Å². The van der Waals surface area contributed by atoms with Gasteiger partial charge in [-0.2, -0.15) is 49.0 Å². The van der Waals surface area contributed by atoms with E-state index in [-0.39, 0.29) is 66.1 Å². The molecule has 1 amide bonds. The monoisotopic (exact) mass is 1200 g/mol.